The van der Waals surface area contributed by atoms with Crippen LogP contribution >= 0.6 is 0 Å². The Labute approximate surface area is 150 Å². The van der Waals surface area contributed by atoms with Crippen molar-refractivity contribution in [3.63, 3.8) is 0 Å². The molecule has 2 saturated heterocycles. The number of hydrogen-bond acceptors (Lipinski definition) is 7. The Morgan fingerprint density at radius 1 is 1.31 bits per heavy atom. The Bertz CT molecular complexity index is 878. The molecule has 1 spiro atoms. The van der Waals surface area contributed by atoms with Gasteiger partial charge in [0.2, 0.25) is 0 Å². The molecule has 2 fully saturated rings. The predicted octanol–water partition coefficient (Wildman–Crippen LogP) is 1.05. The molecule has 2 aromatic rings. The number of piperidine rings is 1. The van der Waals surface area contributed by atoms with E-state index < -0.39 is 11.8 Å². The lowest BCUT2D eigenvalue weighted by Crippen LogP contribution is -2.45. The van der Waals surface area contributed by atoms with Gasteiger partial charge in [-0.2, -0.15) is 0 Å². The van der Waals surface area contributed by atoms with E-state index in [1.54, 1.807) is 18.2 Å². The van der Waals surface area contributed by atoms with Crippen molar-refractivity contribution >= 4 is 16.9 Å². The first-order valence-electron chi connectivity index (χ1n) is 8.70. The summed E-state index contributed by atoms with van der Waals surface area (Å²) in [6, 6.07) is 4.75. The van der Waals surface area contributed by atoms with E-state index in [2.05, 4.69) is 14.9 Å². The molecule has 0 bridgehead atoms. The third kappa shape index (κ3) is 3.23. The van der Waals surface area contributed by atoms with E-state index >= 15 is 0 Å². The number of esters is 1. The predicted molar refractivity (Wildman–Crippen MR) is 92.8 cm³/mol. The molecular formula is C18H21N3O5. The Hall–Kier alpha value is -2.29. The zero-order valence-electron chi connectivity index (χ0n) is 14.6. The van der Waals surface area contributed by atoms with E-state index in [1.165, 1.54) is 7.11 Å². The number of aromatic nitrogens is 2. The van der Waals surface area contributed by atoms with Crippen molar-refractivity contribution in [1.29, 1.82) is 0 Å². The molecular weight excluding hydrogens is 338 g/mol. The van der Waals surface area contributed by atoms with E-state index in [9.17, 15) is 9.59 Å². The lowest BCUT2D eigenvalue weighted by Gasteiger charge is -2.37. The van der Waals surface area contributed by atoms with E-state index in [4.69, 9.17) is 14.2 Å². The van der Waals surface area contributed by atoms with Crippen LogP contribution in [0.4, 0.5) is 0 Å². The van der Waals surface area contributed by atoms with Gasteiger partial charge in [0.05, 0.1) is 43.3 Å². The fourth-order valence-corrected chi connectivity index (χ4v) is 3.56. The van der Waals surface area contributed by atoms with Crippen molar-refractivity contribution in [2.75, 3.05) is 33.4 Å². The topological polar surface area (TPSA) is 93.8 Å². The molecule has 2 aliphatic heterocycles. The van der Waals surface area contributed by atoms with Crippen molar-refractivity contribution < 1.29 is 19.0 Å². The Morgan fingerprint density at radius 3 is 2.73 bits per heavy atom. The number of methoxy groups -OCH3 is 1. The molecule has 1 aromatic heterocycles. The number of carbonyl (C=O) groups excluding carboxylic acids is 1. The maximum absolute atomic E-state index is 12.3. The van der Waals surface area contributed by atoms with Crippen molar-refractivity contribution in [3.05, 3.63) is 39.9 Å². The van der Waals surface area contributed by atoms with E-state index in [-0.39, 0.29) is 5.56 Å². The van der Waals surface area contributed by atoms with Crippen LogP contribution in [0.25, 0.3) is 10.9 Å². The molecule has 0 atom stereocenters. The van der Waals surface area contributed by atoms with Crippen molar-refractivity contribution in [1.82, 2.24) is 14.9 Å². The molecule has 138 valence electrons. The number of hydrogen-bond donors (Lipinski definition) is 1. The molecule has 0 unspecified atom stereocenters. The summed E-state index contributed by atoms with van der Waals surface area (Å²) in [7, 11) is 1.32. The van der Waals surface area contributed by atoms with Crippen LogP contribution in [-0.4, -0.2) is 60.0 Å². The summed E-state index contributed by atoms with van der Waals surface area (Å²) in [6.45, 7) is 3.46. The molecule has 8 heteroatoms. The van der Waals surface area contributed by atoms with Crippen LogP contribution < -0.4 is 5.56 Å². The van der Waals surface area contributed by atoms with Crippen LogP contribution in [0.15, 0.2) is 23.0 Å². The van der Waals surface area contributed by atoms with Crippen molar-refractivity contribution in [2.24, 2.45) is 0 Å². The number of nitrogens with one attached hydrogen (secondary N) is 1. The van der Waals surface area contributed by atoms with Gasteiger partial charge in [0, 0.05) is 25.9 Å². The number of nitrogens with zero attached hydrogens (tertiary/aromatic N) is 2. The lowest BCUT2D eigenvalue weighted by atomic mass is 10.0. The quantitative estimate of drug-likeness (QED) is 0.819. The zero-order valence-corrected chi connectivity index (χ0v) is 14.6. The van der Waals surface area contributed by atoms with E-state index in [0.717, 1.165) is 25.9 Å². The van der Waals surface area contributed by atoms with Gasteiger partial charge in [0.1, 0.15) is 5.82 Å². The van der Waals surface area contributed by atoms with Crippen LogP contribution in [0.2, 0.25) is 0 Å². The number of fused-ring (bicyclic) bond motifs is 1. The summed E-state index contributed by atoms with van der Waals surface area (Å²) in [5.74, 6) is -0.294. The van der Waals surface area contributed by atoms with Gasteiger partial charge in [-0.15, -0.1) is 0 Å². The maximum atomic E-state index is 12.3. The van der Waals surface area contributed by atoms with E-state index in [0.29, 0.717) is 42.0 Å². The SMILES string of the molecule is COC(=O)c1ccc2c(=O)[nH]c(CN3CCC4(CC3)OCCO4)nc2c1. The second-order valence-electron chi connectivity index (χ2n) is 6.62. The van der Waals surface area contributed by atoms with Gasteiger partial charge in [0.25, 0.3) is 5.56 Å². The number of carbonyl (C=O) groups is 1. The van der Waals surface area contributed by atoms with Gasteiger partial charge < -0.3 is 19.2 Å². The average Bonchev–Trinajstić information content (AvgIpc) is 3.11. The first-order valence-corrected chi connectivity index (χ1v) is 8.70. The molecule has 0 radical (unpaired) electrons. The molecule has 0 aliphatic carbocycles. The molecule has 3 heterocycles. The Balaban J connectivity index is 1.53. The molecule has 26 heavy (non-hydrogen) atoms. The molecule has 4 rings (SSSR count). The molecule has 2 aliphatic rings. The first kappa shape index (κ1) is 17.1. The molecule has 1 aromatic carbocycles. The van der Waals surface area contributed by atoms with E-state index in [1.807, 2.05) is 0 Å². The lowest BCUT2D eigenvalue weighted by molar-refractivity contribution is -0.185. The third-order valence-corrected chi connectivity index (χ3v) is 4.98. The van der Waals surface area contributed by atoms with Gasteiger partial charge in [-0.25, -0.2) is 9.78 Å². The highest BCUT2D eigenvalue weighted by Gasteiger charge is 2.39. The normalized spacial score (nSPS) is 19.9. The number of rotatable bonds is 3. The summed E-state index contributed by atoms with van der Waals surface area (Å²) in [4.78, 5) is 33.6. The van der Waals surface area contributed by atoms with Gasteiger partial charge >= 0.3 is 5.97 Å². The number of ether oxygens (including phenoxy) is 3. The van der Waals surface area contributed by atoms with Gasteiger partial charge in [0.15, 0.2) is 5.79 Å². The second kappa shape index (κ2) is 6.79. The third-order valence-electron chi connectivity index (χ3n) is 4.98. The number of benzene rings is 1. The number of H-pyrrole nitrogens is 1. The summed E-state index contributed by atoms with van der Waals surface area (Å²) in [5.41, 5.74) is 0.652. The maximum Gasteiger partial charge on any atom is 0.337 e. The summed E-state index contributed by atoms with van der Waals surface area (Å²) >= 11 is 0. The Kier molecular flexibility index (Phi) is 4.47. The first-order chi connectivity index (χ1) is 12.6. The highest BCUT2D eigenvalue weighted by atomic mass is 16.7. The van der Waals surface area contributed by atoms with Crippen LogP contribution in [-0.2, 0) is 20.8 Å². The minimum absolute atomic E-state index is 0.211. The minimum Gasteiger partial charge on any atom is -0.465 e. The fraction of sp³-hybridized carbons (Fsp3) is 0.500. The summed E-state index contributed by atoms with van der Waals surface area (Å²) in [5, 5.41) is 0.451. The molecule has 8 nitrogen and oxygen atoms in total. The Morgan fingerprint density at radius 2 is 2.04 bits per heavy atom. The van der Waals surface area contributed by atoms with Gasteiger partial charge in [-0.05, 0) is 18.2 Å². The van der Waals surface area contributed by atoms with Crippen LogP contribution in [0.1, 0.15) is 29.0 Å². The zero-order chi connectivity index (χ0) is 18.1. The number of likely N-dealkylation sites (tertiary alicyclic amines) is 1. The highest BCUT2D eigenvalue weighted by Crippen LogP contribution is 2.31. The van der Waals surface area contributed by atoms with Gasteiger partial charge in [-0.3, -0.25) is 9.69 Å². The minimum atomic E-state index is -0.451. The summed E-state index contributed by atoms with van der Waals surface area (Å²) in [6.07, 6.45) is 1.61. The van der Waals surface area contributed by atoms with Crippen LogP contribution in [0.3, 0.4) is 0 Å². The molecule has 0 amide bonds. The largest absolute Gasteiger partial charge is 0.465 e. The second-order valence-corrected chi connectivity index (χ2v) is 6.62. The summed E-state index contributed by atoms with van der Waals surface area (Å²) < 4.78 is 16.2. The molecule has 1 N–H and O–H groups in total. The average molecular weight is 359 g/mol. The van der Waals surface area contributed by atoms with Crippen molar-refractivity contribution in [2.45, 2.75) is 25.2 Å². The van der Waals surface area contributed by atoms with Crippen LogP contribution in [0.5, 0.6) is 0 Å². The number of aromatic amines is 1. The molecule has 0 saturated carbocycles. The van der Waals surface area contributed by atoms with Gasteiger partial charge in [-0.1, -0.05) is 0 Å². The highest BCUT2D eigenvalue weighted by molar-refractivity contribution is 5.93. The van der Waals surface area contributed by atoms with Crippen molar-refractivity contribution in [3.8, 4) is 0 Å². The standard InChI is InChI=1S/C18H21N3O5/c1-24-17(23)12-2-3-13-14(10-12)19-15(20-16(13)22)11-21-6-4-18(5-7-21)25-8-9-26-18/h2-3,10H,4-9,11H2,1H3,(H,19,20,22). The monoisotopic (exact) mass is 359 g/mol. The van der Waals surface area contributed by atoms with Crippen LogP contribution in [0, 0.1) is 0 Å². The smallest absolute Gasteiger partial charge is 0.337 e. The fourth-order valence-electron chi connectivity index (χ4n) is 3.56.